The molecule has 2 aromatic rings. The van der Waals surface area contributed by atoms with Gasteiger partial charge in [-0.25, -0.2) is 0 Å². The Bertz CT molecular complexity index is 780. The fourth-order valence-corrected chi connectivity index (χ4v) is 3.08. The number of anilines is 2. The number of nitrogens with one attached hydrogen (secondary N) is 2. The number of Topliss-reactive ketones (excluding diaryl/α,β-unsaturated/α-hetero) is 1. The molecule has 0 atom stereocenters. The van der Waals surface area contributed by atoms with Crippen LogP contribution in [0.2, 0.25) is 0 Å². The first kappa shape index (κ1) is 17.9. The van der Waals surface area contributed by atoms with Crippen LogP contribution in [0.4, 0.5) is 11.4 Å². The number of rotatable bonds is 6. The molecular weight excluding hydrogens is 324 g/mol. The van der Waals surface area contributed by atoms with Crippen molar-refractivity contribution in [1.82, 2.24) is 0 Å². The first-order valence-corrected chi connectivity index (χ1v) is 8.45. The van der Waals surface area contributed by atoms with Gasteiger partial charge in [-0.2, -0.15) is 0 Å². The summed E-state index contributed by atoms with van der Waals surface area (Å²) < 4.78 is 0. The van der Waals surface area contributed by atoms with E-state index in [-0.39, 0.29) is 30.4 Å². The molecule has 1 heterocycles. The van der Waals surface area contributed by atoms with Gasteiger partial charge in [-0.3, -0.25) is 14.4 Å². The quantitative estimate of drug-likeness (QED) is 0.780. The fraction of sp³-hybridized carbons (Fsp3) is 0.278. The molecule has 0 aliphatic rings. The maximum atomic E-state index is 12.1. The van der Waals surface area contributed by atoms with E-state index in [4.69, 9.17) is 0 Å². The Balaban J connectivity index is 1.95. The standard InChI is InChI=1S/C18H20N2O3S/c1-11-7-9-17(24-11)16(22)8-10-18(23)20-15-6-4-5-14(12(15)2)19-13(3)21/h4-7,9H,8,10H2,1-3H3,(H,19,21)(H,20,23). The number of aryl methyl sites for hydroxylation is 1. The monoisotopic (exact) mass is 344 g/mol. The summed E-state index contributed by atoms with van der Waals surface area (Å²) in [6.45, 7) is 5.20. The van der Waals surface area contributed by atoms with Crippen LogP contribution in [0.5, 0.6) is 0 Å². The van der Waals surface area contributed by atoms with E-state index in [1.807, 2.05) is 19.9 Å². The Hall–Kier alpha value is -2.47. The van der Waals surface area contributed by atoms with Crippen LogP contribution in [0.15, 0.2) is 30.3 Å². The molecular formula is C18H20N2O3S. The average Bonchev–Trinajstić information content (AvgIpc) is 2.95. The van der Waals surface area contributed by atoms with Crippen molar-refractivity contribution in [3.05, 3.63) is 45.6 Å². The van der Waals surface area contributed by atoms with Crippen molar-refractivity contribution in [2.24, 2.45) is 0 Å². The average molecular weight is 344 g/mol. The third-order valence-electron chi connectivity index (χ3n) is 3.51. The van der Waals surface area contributed by atoms with Gasteiger partial charge in [0.15, 0.2) is 5.78 Å². The zero-order chi connectivity index (χ0) is 17.7. The van der Waals surface area contributed by atoms with Crippen LogP contribution in [0.1, 0.15) is 39.9 Å². The van der Waals surface area contributed by atoms with Crippen molar-refractivity contribution >= 4 is 40.3 Å². The molecule has 2 amide bonds. The summed E-state index contributed by atoms with van der Waals surface area (Å²) in [4.78, 5) is 37.1. The molecule has 0 unspecified atom stereocenters. The first-order chi connectivity index (χ1) is 11.4. The minimum atomic E-state index is -0.222. The molecule has 0 saturated carbocycles. The van der Waals surface area contributed by atoms with Crippen LogP contribution < -0.4 is 10.6 Å². The lowest BCUT2D eigenvalue weighted by atomic mass is 10.1. The number of amides is 2. The summed E-state index contributed by atoms with van der Waals surface area (Å²) in [6.07, 6.45) is 0.301. The SMILES string of the molecule is CC(=O)Nc1cccc(NC(=O)CCC(=O)c2ccc(C)s2)c1C. The van der Waals surface area contributed by atoms with Gasteiger partial charge in [0, 0.05) is 36.0 Å². The number of benzene rings is 1. The minimum absolute atomic E-state index is 0.0213. The molecule has 0 aliphatic heterocycles. The normalized spacial score (nSPS) is 10.3. The molecule has 6 heteroatoms. The van der Waals surface area contributed by atoms with Gasteiger partial charge in [0.1, 0.15) is 0 Å². The second-order valence-electron chi connectivity index (χ2n) is 5.54. The van der Waals surface area contributed by atoms with Gasteiger partial charge in [-0.1, -0.05) is 6.07 Å². The summed E-state index contributed by atoms with van der Waals surface area (Å²) >= 11 is 1.44. The van der Waals surface area contributed by atoms with E-state index in [2.05, 4.69) is 10.6 Å². The Morgan fingerprint density at radius 1 is 0.958 bits per heavy atom. The molecule has 2 N–H and O–H groups in total. The molecule has 126 valence electrons. The molecule has 1 aromatic heterocycles. The van der Waals surface area contributed by atoms with Crippen LogP contribution in [0.25, 0.3) is 0 Å². The van der Waals surface area contributed by atoms with Crippen LogP contribution >= 0.6 is 11.3 Å². The predicted octanol–water partition coefficient (Wildman–Crippen LogP) is 3.92. The molecule has 0 aliphatic carbocycles. The van der Waals surface area contributed by atoms with E-state index in [9.17, 15) is 14.4 Å². The molecule has 0 saturated heterocycles. The van der Waals surface area contributed by atoms with Crippen LogP contribution in [0.3, 0.4) is 0 Å². The van der Waals surface area contributed by atoms with Gasteiger partial charge in [-0.15, -0.1) is 11.3 Å². The maximum Gasteiger partial charge on any atom is 0.224 e. The first-order valence-electron chi connectivity index (χ1n) is 7.63. The number of ketones is 1. The highest BCUT2D eigenvalue weighted by Crippen LogP contribution is 2.24. The Morgan fingerprint density at radius 2 is 1.62 bits per heavy atom. The van der Waals surface area contributed by atoms with Crippen molar-refractivity contribution in [3.63, 3.8) is 0 Å². The van der Waals surface area contributed by atoms with Crippen LogP contribution in [-0.4, -0.2) is 17.6 Å². The zero-order valence-electron chi connectivity index (χ0n) is 13.9. The summed E-state index contributed by atoms with van der Waals surface area (Å²) in [5, 5.41) is 5.51. The van der Waals surface area contributed by atoms with Crippen LogP contribution in [-0.2, 0) is 9.59 Å². The number of hydrogen-bond acceptors (Lipinski definition) is 4. The van der Waals surface area contributed by atoms with E-state index >= 15 is 0 Å². The molecule has 0 radical (unpaired) electrons. The van der Waals surface area contributed by atoms with Crippen molar-refractivity contribution in [3.8, 4) is 0 Å². The van der Waals surface area contributed by atoms with Gasteiger partial charge >= 0.3 is 0 Å². The van der Waals surface area contributed by atoms with E-state index in [1.54, 1.807) is 24.3 Å². The lowest BCUT2D eigenvalue weighted by Gasteiger charge is -2.12. The van der Waals surface area contributed by atoms with Crippen LogP contribution in [0, 0.1) is 13.8 Å². The summed E-state index contributed by atoms with van der Waals surface area (Å²) in [5.41, 5.74) is 2.07. The van der Waals surface area contributed by atoms with Crippen molar-refractivity contribution in [1.29, 1.82) is 0 Å². The molecule has 24 heavy (non-hydrogen) atoms. The molecule has 5 nitrogen and oxygen atoms in total. The molecule has 0 spiro atoms. The minimum Gasteiger partial charge on any atom is -0.326 e. The predicted molar refractivity (Wildman–Crippen MR) is 96.7 cm³/mol. The van der Waals surface area contributed by atoms with E-state index < -0.39 is 0 Å². The lowest BCUT2D eigenvalue weighted by molar-refractivity contribution is -0.116. The van der Waals surface area contributed by atoms with E-state index in [1.165, 1.54) is 18.3 Å². The highest BCUT2D eigenvalue weighted by molar-refractivity contribution is 7.14. The summed E-state index contributed by atoms with van der Waals surface area (Å²) in [7, 11) is 0. The van der Waals surface area contributed by atoms with Crippen molar-refractivity contribution < 1.29 is 14.4 Å². The summed E-state index contributed by atoms with van der Waals surface area (Å²) in [6, 6.07) is 8.99. The smallest absolute Gasteiger partial charge is 0.224 e. The molecule has 0 fully saturated rings. The summed E-state index contributed by atoms with van der Waals surface area (Å²) in [5.74, 6) is -0.412. The van der Waals surface area contributed by atoms with E-state index in [0.29, 0.717) is 16.3 Å². The van der Waals surface area contributed by atoms with Crippen molar-refractivity contribution in [2.75, 3.05) is 10.6 Å². The molecule has 0 bridgehead atoms. The Kier molecular flexibility index (Phi) is 5.87. The number of hydrogen-bond donors (Lipinski definition) is 2. The third kappa shape index (κ3) is 4.76. The highest BCUT2D eigenvalue weighted by Gasteiger charge is 2.13. The van der Waals surface area contributed by atoms with Gasteiger partial charge in [0.2, 0.25) is 11.8 Å². The maximum absolute atomic E-state index is 12.1. The van der Waals surface area contributed by atoms with Gasteiger partial charge < -0.3 is 10.6 Å². The number of carbonyl (C=O) groups excluding carboxylic acids is 3. The lowest BCUT2D eigenvalue weighted by Crippen LogP contribution is -2.15. The molecule has 2 rings (SSSR count). The number of carbonyl (C=O) groups is 3. The topological polar surface area (TPSA) is 75.3 Å². The van der Waals surface area contributed by atoms with Crippen molar-refractivity contribution in [2.45, 2.75) is 33.6 Å². The third-order valence-corrected chi connectivity index (χ3v) is 4.55. The fourth-order valence-electron chi connectivity index (χ4n) is 2.24. The number of thiophene rings is 1. The highest BCUT2D eigenvalue weighted by atomic mass is 32.1. The van der Waals surface area contributed by atoms with Gasteiger partial charge in [0.05, 0.1) is 4.88 Å². The zero-order valence-corrected chi connectivity index (χ0v) is 14.8. The molecule has 1 aromatic carbocycles. The van der Waals surface area contributed by atoms with E-state index in [0.717, 1.165) is 10.4 Å². The Morgan fingerprint density at radius 3 is 2.21 bits per heavy atom. The van der Waals surface area contributed by atoms with Gasteiger partial charge in [0.25, 0.3) is 0 Å². The second kappa shape index (κ2) is 7.88. The largest absolute Gasteiger partial charge is 0.326 e. The second-order valence-corrected chi connectivity index (χ2v) is 6.83. The Labute approximate surface area is 145 Å². The van der Waals surface area contributed by atoms with Gasteiger partial charge in [-0.05, 0) is 43.7 Å².